The van der Waals surface area contributed by atoms with Crippen LogP contribution < -0.4 is 15.0 Å². The maximum atomic E-state index is 12.2. The van der Waals surface area contributed by atoms with E-state index in [4.69, 9.17) is 16.3 Å². The quantitative estimate of drug-likeness (QED) is 0.617. The van der Waals surface area contributed by atoms with Gasteiger partial charge >= 0.3 is 0 Å². The Bertz CT molecular complexity index is 1070. The summed E-state index contributed by atoms with van der Waals surface area (Å²) in [7, 11) is -3.90. The van der Waals surface area contributed by atoms with E-state index in [9.17, 15) is 13.2 Å². The van der Waals surface area contributed by atoms with E-state index in [-0.39, 0.29) is 4.90 Å². The first-order chi connectivity index (χ1) is 12.8. The molecule has 0 saturated heterocycles. The molecule has 3 aromatic rings. The minimum atomic E-state index is -3.90. The van der Waals surface area contributed by atoms with Crippen molar-refractivity contribution in [3.63, 3.8) is 0 Å². The van der Waals surface area contributed by atoms with Crippen LogP contribution in [-0.4, -0.2) is 20.4 Å². The molecule has 0 radical (unpaired) electrons. The van der Waals surface area contributed by atoms with Gasteiger partial charge in [-0.25, -0.2) is 8.42 Å². The van der Waals surface area contributed by atoms with Crippen LogP contribution in [0.25, 0.3) is 10.8 Å². The van der Waals surface area contributed by atoms with Crippen molar-refractivity contribution in [1.82, 2.24) is 10.3 Å². The highest BCUT2D eigenvalue weighted by atomic mass is 35.5. The van der Waals surface area contributed by atoms with Crippen LogP contribution in [-0.2, 0) is 14.8 Å². The second kappa shape index (κ2) is 7.96. The molecule has 0 unspecified atom stereocenters. The van der Waals surface area contributed by atoms with Gasteiger partial charge in [0.15, 0.2) is 6.10 Å². The van der Waals surface area contributed by atoms with Gasteiger partial charge in [-0.1, -0.05) is 41.9 Å². The number of ether oxygens (including phenoxy) is 1. The molecule has 3 rings (SSSR count). The Labute approximate surface area is 162 Å². The van der Waals surface area contributed by atoms with Crippen molar-refractivity contribution in [3.05, 3.63) is 71.8 Å². The van der Waals surface area contributed by atoms with E-state index in [1.165, 1.54) is 31.2 Å². The van der Waals surface area contributed by atoms with Crippen LogP contribution in [0.5, 0.6) is 5.75 Å². The molecule has 0 aliphatic rings. The summed E-state index contributed by atoms with van der Waals surface area (Å²) in [5, 5.41) is 2.44. The van der Waals surface area contributed by atoms with Crippen molar-refractivity contribution in [2.75, 3.05) is 0 Å². The third kappa shape index (κ3) is 4.77. The average Bonchev–Trinajstić information content (AvgIpc) is 2.66. The molecule has 0 saturated carbocycles. The molecule has 0 aromatic heterocycles. The summed E-state index contributed by atoms with van der Waals surface area (Å²) in [4.78, 5) is 14.2. The fourth-order valence-electron chi connectivity index (χ4n) is 2.39. The van der Waals surface area contributed by atoms with Gasteiger partial charge in [0.05, 0.1) is 4.90 Å². The van der Waals surface area contributed by atoms with Crippen molar-refractivity contribution < 1.29 is 17.9 Å². The van der Waals surface area contributed by atoms with Gasteiger partial charge in [-0.05, 0) is 54.1 Å². The molecular weight excluding hydrogens is 388 g/mol. The number of nitrogens with one attached hydrogen (secondary N) is 2. The average molecular weight is 405 g/mol. The van der Waals surface area contributed by atoms with E-state index >= 15 is 0 Å². The fourth-order valence-corrected chi connectivity index (χ4v) is 3.36. The largest absolute Gasteiger partial charge is 0.481 e. The summed E-state index contributed by atoms with van der Waals surface area (Å²) in [5.41, 5.74) is 2.16. The minimum absolute atomic E-state index is 0.0182. The molecule has 0 aliphatic carbocycles. The highest BCUT2D eigenvalue weighted by Crippen LogP contribution is 2.21. The number of amides is 1. The van der Waals surface area contributed by atoms with Gasteiger partial charge < -0.3 is 4.74 Å². The number of carbonyl (C=O) groups excluding carboxylic acids is 1. The number of carbonyl (C=O) groups is 1. The smallest absolute Gasteiger partial charge is 0.275 e. The molecule has 140 valence electrons. The molecule has 3 aromatic carbocycles. The zero-order chi connectivity index (χ0) is 19.4. The maximum Gasteiger partial charge on any atom is 0.275 e. The number of benzene rings is 3. The van der Waals surface area contributed by atoms with Crippen LogP contribution in [0, 0.1) is 0 Å². The van der Waals surface area contributed by atoms with Crippen LogP contribution in [0.4, 0.5) is 0 Å². The monoisotopic (exact) mass is 404 g/mol. The predicted octanol–water partition coefficient (Wildman–Crippen LogP) is 3.27. The predicted molar refractivity (Wildman–Crippen MR) is 104 cm³/mol. The van der Waals surface area contributed by atoms with Crippen LogP contribution in [0.1, 0.15) is 6.92 Å². The number of hydrogen-bond acceptors (Lipinski definition) is 4. The van der Waals surface area contributed by atoms with Crippen LogP contribution >= 0.6 is 11.6 Å². The summed E-state index contributed by atoms with van der Waals surface area (Å²) in [6.45, 7) is 1.53. The standard InChI is InChI=1S/C19H17ClN2O4S/c1-13(26-17-9-6-14-4-2-3-5-15(14)12-17)19(23)21-22-27(24,25)18-10-7-16(20)8-11-18/h2-13,22H,1H3,(H,21,23)/t13-/m0/s1. The Balaban J connectivity index is 1.62. The van der Waals surface area contributed by atoms with Crippen molar-refractivity contribution >= 4 is 38.3 Å². The molecule has 2 N–H and O–H groups in total. The lowest BCUT2D eigenvalue weighted by molar-refractivity contribution is -0.127. The van der Waals surface area contributed by atoms with Gasteiger partial charge in [-0.15, -0.1) is 4.83 Å². The Morgan fingerprint density at radius 2 is 1.67 bits per heavy atom. The number of sulfonamides is 1. The van der Waals surface area contributed by atoms with E-state index in [0.29, 0.717) is 10.8 Å². The second-order valence-electron chi connectivity index (χ2n) is 5.82. The van der Waals surface area contributed by atoms with Gasteiger partial charge in [-0.3, -0.25) is 10.2 Å². The van der Waals surface area contributed by atoms with Gasteiger partial charge in [0.1, 0.15) is 5.75 Å². The first kappa shape index (κ1) is 19.2. The molecule has 8 heteroatoms. The highest BCUT2D eigenvalue weighted by Gasteiger charge is 2.19. The lowest BCUT2D eigenvalue weighted by Crippen LogP contribution is -2.47. The molecular formula is C19H17ClN2O4S. The Morgan fingerprint density at radius 1 is 1.00 bits per heavy atom. The summed E-state index contributed by atoms with van der Waals surface area (Å²) >= 11 is 5.74. The first-order valence-corrected chi connectivity index (χ1v) is 9.94. The third-order valence-corrected chi connectivity index (χ3v) is 5.35. The summed E-state index contributed by atoms with van der Waals surface area (Å²) < 4.78 is 29.9. The maximum absolute atomic E-state index is 12.2. The van der Waals surface area contributed by atoms with Crippen molar-refractivity contribution in [1.29, 1.82) is 0 Å². The SMILES string of the molecule is C[C@H](Oc1ccc2ccccc2c1)C(=O)NNS(=O)(=O)c1ccc(Cl)cc1. The number of fused-ring (bicyclic) bond motifs is 1. The summed E-state index contributed by atoms with van der Waals surface area (Å²) in [6.07, 6.45) is -0.904. The van der Waals surface area contributed by atoms with Crippen LogP contribution in [0.2, 0.25) is 5.02 Å². The van der Waals surface area contributed by atoms with Crippen LogP contribution in [0.15, 0.2) is 71.6 Å². The molecule has 0 spiro atoms. The molecule has 0 fully saturated rings. The minimum Gasteiger partial charge on any atom is -0.481 e. The molecule has 0 heterocycles. The van der Waals surface area contributed by atoms with Gasteiger partial charge in [0, 0.05) is 5.02 Å². The van der Waals surface area contributed by atoms with Crippen LogP contribution in [0.3, 0.4) is 0 Å². The number of rotatable bonds is 6. The zero-order valence-electron chi connectivity index (χ0n) is 14.3. The Morgan fingerprint density at radius 3 is 2.37 bits per heavy atom. The van der Waals surface area contributed by atoms with E-state index in [1.807, 2.05) is 41.2 Å². The summed E-state index contributed by atoms with van der Waals surface area (Å²) in [5.74, 6) is -0.113. The normalized spacial score (nSPS) is 12.5. The van der Waals surface area contributed by atoms with Crippen molar-refractivity contribution in [2.24, 2.45) is 0 Å². The van der Waals surface area contributed by atoms with E-state index in [2.05, 4.69) is 5.43 Å². The first-order valence-electron chi connectivity index (χ1n) is 8.08. The van der Waals surface area contributed by atoms with Crippen molar-refractivity contribution in [3.8, 4) is 5.75 Å². The zero-order valence-corrected chi connectivity index (χ0v) is 15.9. The highest BCUT2D eigenvalue weighted by molar-refractivity contribution is 7.89. The van der Waals surface area contributed by atoms with E-state index in [0.717, 1.165) is 10.8 Å². The molecule has 1 amide bonds. The molecule has 0 aliphatic heterocycles. The fraction of sp³-hybridized carbons (Fsp3) is 0.105. The molecule has 0 bridgehead atoms. The lowest BCUT2D eigenvalue weighted by Gasteiger charge is -2.15. The van der Waals surface area contributed by atoms with Crippen molar-refractivity contribution in [2.45, 2.75) is 17.9 Å². The Hall–Kier alpha value is -2.61. The molecule has 1 atom stereocenters. The van der Waals surface area contributed by atoms with E-state index in [1.54, 1.807) is 6.07 Å². The lowest BCUT2D eigenvalue weighted by atomic mass is 10.1. The summed E-state index contributed by atoms with van der Waals surface area (Å²) in [6, 6.07) is 18.8. The topological polar surface area (TPSA) is 84.5 Å². The van der Waals surface area contributed by atoms with Gasteiger partial charge in [-0.2, -0.15) is 0 Å². The Kier molecular flexibility index (Phi) is 5.65. The number of hydrogen-bond donors (Lipinski definition) is 2. The molecule has 27 heavy (non-hydrogen) atoms. The molecule has 6 nitrogen and oxygen atoms in total. The van der Waals surface area contributed by atoms with Gasteiger partial charge in [0.25, 0.3) is 15.9 Å². The van der Waals surface area contributed by atoms with Gasteiger partial charge in [0.2, 0.25) is 0 Å². The number of hydrazine groups is 1. The third-order valence-electron chi connectivity index (χ3n) is 3.84. The number of halogens is 1. The second-order valence-corrected chi connectivity index (χ2v) is 7.94. The van der Waals surface area contributed by atoms with E-state index < -0.39 is 22.0 Å².